The lowest BCUT2D eigenvalue weighted by atomic mass is 10.1. The highest BCUT2D eigenvalue weighted by molar-refractivity contribution is 7.92. The van der Waals surface area contributed by atoms with Crippen molar-refractivity contribution in [1.29, 1.82) is 0 Å². The summed E-state index contributed by atoms with van der Waals surface area (Å²) in [6.07, 6.45) is 5.00. The Bertz CT molecular complexity index is 1330. The maximum absolute atomic E-state index is 14.1. The number of rotatable bonds is 5. The summed E-state index contributed by atoms with van der Waals surface area (Å²) in [5.41, 5.74) is 2.69. The zero-order valence-corrected chi connectivity index (χ0v) is 19.4. The highest BCUT2D eigenvalue weighted by Gasteiger charge is 2.43. The molecule has 0 aliphatic carbocycles. The summed E-state index contributed by atoms with van der Waals surface area (Å²) in [6.45, 7) is 2.94. The van der Waals surface area contributed by atoms with Crippen LogP contribution in [0.5, 0.6) is 5.75 Å². The summed E-state index contributed by atoms with van der Waals surface area (Å²) >= 11 is 0. The van der Waals surface area contributed by atoms with E-state index >= 15 is 0 Å². The normalized spacial score (nSPS) is 22.4. The van der Waals surface area contributed by atoms with E-state index in [4.69, 9.17) is 14.2 Å². The summed E-state index contributed by atoms with van der Waals surface area (Å²) < 4.78 is 48.2. The summed E-state index contributed by atoms with van der Waals surface area (Å²) in [5.74, 6) is 0.496. The van der Waals surface area contributed by atoms with Crippen LogP contribution in [0.2, 0.25) is 0 Å². The number of ether oxygens (including phenoxy) is 3. The number of hydrogen-bond acceptors (Lipinski definition) is 8. The Kier molecular flexibility index (Phi) is 5.67. The average Bonchev–Trinajstić information content (AvgIpc) is 3.34. The van der Waals surface area contributed by atoms with Crippen molar-refractivity contribution in [1.82, 2.24) is 9.97 Å². The molecule has 33 heavy (non-hydrogen) atoms. The third-order valence-electron chi connectivity index (χ3n) is 5.64. The van der Waals surface area contributed by atoms with Gasteiger partial charge in [0.1, 0.15) is 29.8 Å². The molecule has 0 amide bonds. The van der Waals surface area contributed by atoms with E-state index in [1.165, 1.54) is 18.5 Å². The molecular weight excluding hydrogens is 447 g/mol. The molecule has 2 saturated heterocycles. The molecule has 3 aromatic rings. The minimum atomic E-state index is -2.31. The van der Waals surface area contributed by atoms with Crippen LogP contribution in [0.1, 0.15) is 12.0 Å². The first-order valence-corrected chi connectivity index (χ1v) is 13.0. The van der Waals surface area contributed by atoms with Crippen molar-refractivity contribution in [3.05, 3.63) is 48.0 Å². The molecule has 1 aromatic heterocycles. The van der Waals surface area contributed by atoms with Crippen LogP contribution in [0, 0.1) is 12.7 Å². The Morgan fingerprint density at radius 2 is 2.06 bits per heavy atom. The van der Waals surface area contributed by atoms with Crippen molar-refractivity contribution in [2.75, 3.05) is 31.0 Å². The minimum absolute atomic E-state index is 0.0222. The Balaban J connectivity index is 1.49. The van der Waals surface area contributed by atoms with E-state index in [2.05, 4.69) is 19.6 Å². The molecule has 2 aliphatic heterocycles. The van der Waals surface area contributed by atoms with Crippen molar-refractivity contribution < 1.29 is 22.8 Å². The Morgan fingerprint density at radius 3 is 2.88 bits per heavy atom. The lowest BCUT2D eigenvalue weighted by Crippen LogP contribution is -2.32. The number of benzene rings is 2. The largest absolute Gasteiger partial charge is 0.483 e. The van der Waals surface area contributed by atoms with Crippen LogP contribution in [0.15, 0.2) is 41.0 Å². The van der Waals surface area contributed by atoms with Gasteiger partial charge in [0.25, 0.3) is 0 Å². The molecule has 3 atom stereocenters. The van der Waals surface area contributed by atoms with Gasteiger partial charge in [-0.05, 0) is 43.2 Å². The number of nitrogens with one attached hydrogen (secondary N) is 1. The van der Waals surface area contributed by atoms with Gasteiger partial charge in [0.15, 0.2) is 6.10 Å². The molecule has 5 rings (SSSR count). The molecule has 2 aromatic carbocycles. The van der Waals surface area contributed by atoms with Crippen LogP contribution in [0.4, 0.5) is 21.6 Å². The maximum atomic E-state index is 14.1. The van der Waals surface area contributed by atoms with Gasteiger partial charge >= 0.3 is 0 Å². The van der Waals surface area contributed by atoms with E-state index in [0.717, 1.165) is 17.4 Å². The molecule has 2 fully saturated rings. The number of anilines is 2. The maximum Gasteiger partial charge on any atom is 0.151 e. The van der Waals surface area contributed by atoms with Gasteiger partial charge in [0, 0.05) is 40.3 Å². The van der Waals surface area contributed by atoms with Gasteiger partial charge in [-0.1, -0.05) is 0 Å². The standard InChI is InChI=1S/C23H25FN4O4S/c1-13-8-15(28-33(2,3)29)10-17-21(13)23(26-12-25-17)27-16-5-4-14(24)9-19(16)32-20-11-31-18-6-7-30-22(18)20/h4-5,8-10,12,18,20,22H,6-7,11H2,1-3H3,(H,25,26,27)/t18?,20-,22?/m1/s1. The van der Waals surface area contributed by atoms with E-state index in [9.17, 15) is 8.60 Å². The molecule has 0 bridgehead atoms. The van der Waals surface area contributed by atoms with Crippen molar-refractivity contribution in [2.24, 2.45) is 4.36 Å². The second-order valence-electron chi connectivity index (χ2n) is 8.57. The van der Waals surface area contributed by atoms with Gasteiger partial charge in [0.05, 0.1) is 29.6 Å². The zero-order chi connectivity index (χ0) is 23.2. The van der Waals surface area contributed by atoms with Crippen molar-refractivity contribution in [3.8, 4) is 5.75 Å². The third kappa shape index (κ3) is 4.64. The quantitative estimate of drug-likeness (QED) is 0.597. The molecule has 0 radical (unpaired) electrons. The predicted molar refractivity (Wildman–Crippen MR) is 125 cm³/mol. The Morgan fingerprint density at radius 1 is 1.21 bits per heavy atom. The van der Waals surface area contributed by atoms with Gasteiger partial charge in [-0.15, -0.1) is 0 Å². The van der Waals surface area contributed by atoms with Crippen LogP contribution >= 0.6 is 0 Å². The van der Waals surface area contributed by atoms with Gasteiger partial charge in [0.2, 0.25) is 0 Å². The van der Waals surface area contributed by atoms with Crippen LogP contribution < -0.4 is 10.1 Å². The number of fused-ring (bicyclic) bond motifs is 2. The second kappa shape index (κ2) is 8.51. The molecule has 8 nitrogen and oxygen atoms in total. The monoisotopic (exact) mass is 472 g/mol. The molecule has 2 aliphatic rings. The molecule has 174 valence electrons. The fourth-order valence-electron chi connectivity index (χ4n) is 4.29. The number of hydrogen-bond donors (Lipinski definition) is 1. The first-order valence-electron chi connectivity index (χ1n) is 10.7. The number of aromatic nitrogens is 2. The van der Waals surface area contributed by atoms with E-state index in [-0.39, 0.29) is 18.3 Å². The van der Waals surface area contributed by atoms with Crippen molar-refractivity contribution >= 4 is 37.8 Å². The van der Waals surface area contributed by atoms with Crippen LogP contribution in [-0.2, 0) is 19.2 Å². The summed E-state index contributed by atoms with van der Waals surface area (Å²) in [4.78, 5) is 8.77. The number of halogens is 1. The highest BCUT2D eigenvalue weighted by atomic mass is 32.2. The molecule has 0 saturated carbocycles. The molecule has 2 unspecified atom stereocenters. The van der Waals surface area contributed by atoms with Crippen LogP contribution in [0.3, 0.4) is 0 Å². The van der Waals surface area contributed by atoms with E-state index in [1.54, 1.807) is 24.6 Å². The predicted octanol–water partition coefficient (Wildman–Crippen LogP) is 4.12. The fourth-order valence-corrected chi connectivity index (χ4v) is 4.91. The highest BCUT2D eigenvalue weighted by Crippen LogP contribution is 2.36. The fraction of sp³-hybridized carbons (Fsp3) is 0.391. The van der Waals surface area contributed by atoms with E-state index in [1.807, 2.05) is 13.0 Å². The minimum Gasteiger partial charge on any atom is -0.483 e. The first-order chi connectivity index (χ1) is 15.8. The number of nitrogens with zero attached hydrogens (tertiary/aromatic N) is 3. The van der Waals surface area contributed by atoms with Crippen LogP contribution in [0.25, 0.3) is 10.9 Å². The lowest BCUT2D eigenvalue weighted by molar-refractivity contribution is 0.0310. The summed E-state index contributed by atoms with van der Waals surface area (Å²) in [6, 6.07) is 7.94. The molecule has 10 heteroatoms. The van der Waals surface area contributed by atoms with Crippen molar-refractivity contribution in [2.45, 2.75) is 31.7 Å². The topological polar surface area (TPSA) is 94.9 Å². The molecular formula is C23H25FN4O4S. The van der Waals surface area contributed by atoms with Gasteiger partial charge < -0.3 is 19.5 Å². The molecule has 1 N–H and O–H groups in total. The van der Waals surface area contributed by atoms with Crippen LogP contribution in [-0.4, -0.2) is 58.2 Å². The third-order valence-corrected chi connectivity index (χ3v) is 6.29. The SMILES string of the molecule is Cc1cc(N=S(C)(C)=O)cc2ncnc(Nc3ccc(F)cc3O[C@@H]3COC4CCOC43)c12. The van der Waals surface area contributed by atoms with Gasteiger partial charge in [-0.3, -0.25) is 0 Å². The Labute approximate surface area is 191 Å². The van der Waals surface area contributed by atoms with Gasteiger partial charge in [-0.2, -0.15) is 4.36 Å². The molecule has 0 spiro atoms. The Hall–Kier alpha value is -2.82. The average molecular weight is 473 g/mol. The smallest absolute Gasteiger partial charge is 0.151 e. The summed E-state index contributed by atoms with van der Waals surface area (Å²) in [5, 5.41) is 4.06. The number of aryl methyl sites for hydroxylation is 1. The molecule has 3 heterocycles. The second-order valence-corrected chi connectivity index (χ2v) is 11.1. The first kappa shape index (κ1) is 22.0. The zero-order valence-electron chi connectivity index (χ0n) is 18.6. The van der Waals surface area contributed by atoms with E-state index in [0.29, 0.717) is 41.7 Å². The summed E-state index contributed by atoms with van der Waals surface area (Å²) in [7, 11) is -2.31. The van der Waals surface area contributed by atoms with Gasteiger partial charge in [-0.25, -0.2) is 18.6 Å². The lowest BCUT2D eigenvalue weighted by Gasteiger charge is -2.21. The van der Waals surface area contributed by atoms with E-state index < -0.39 is 15.5 Å². The van der Waals surface area contributed by atoms with Crippen molar-refractivity contribution in [3.63, 3.8) is 0 Å².